The summed E-state index contributed by atoms with van der Waals surface area (Å²) in [5.74, 6) is 0.879. The molecule has 2 rings (SSSR count). The molecule has 0 unspecified atom stereocenters. The lowest BCUT2D eigenvalue weighted by atomic mass is 10.2. The number of methoxy groups -OCH3 is 1. The molecule has 1 aromatic heterocycles. The lowest BCUT2D eigenvalue weighted by Gasteiger charge is -2.09. The third-order valence-electron chi connectivity index (χ3n) is 2.49. The molecular formula is C13H14BrN3O. The van der Waals surface area contributed by atoms with E-state index in [0.29, 0.717) is 6.54 Å². The first-order valence-corrected chi connectivity index (χ1v) is 6.38. The Kier molecular flexibility index (Phi) is 4.66. The fourth-order valence-electron chi connectivity index (χ4n) is 1.64. The Morgan fingerprint density at radius 2 is 2.17 bits per heavy atom. The van der Waals surface area contributed by atoms with E-state index in [1.807, 2.05) is 30.3 Å². The van der Waals surface area contributed by atoms with Crippen LogP contribution in [0.2, 0.25) is 0 Å². The van der Waals surface area contributed by atoms with Crippen molar-refractivity contribution in [2.24, 2.45) is 0 Å². The molecule has 0 saturated heterocycles. The van der Waals surface area contributed by atoms with Gasteiger partial charge in [0.05, 0.1) is 12.8 Å². The van der Waals surface area contributed by atoms with Crippen LogP contribution in [0.15, 0.2) is 41.0 Å². The Morgan fingerprint density at radius 1 is 1.28 bits per heavy atom. The average Bonchev–Trinajstić information content (AvgIpc) is 2.40. The molecule has 18 heavy (non-hydrogen) atoms. The van der Waals surface area contributed by atoms with E-state index in [-0.39, 0.29) is 0 Å². The van der Waals surface area contributed by atoms with Crippen LogP contribution in [0.25, 0.3) is 0 Å². The molecule has 0 bridgehead atoms. The lowest BCUT2D eigenvalue weighted by molar-refractivity contribution is 0.407. The number of hydrogen-bond acceptors (Lipinski definition) is 4. The maximum atomic E-state index is 5.31. The van der Waals surface area contributed by atoms with Crippen LogP contribution in [0.1, 0.15) is 11.3 Å². The third-order valence-corrected chi connectivity index (χ3v) is 2.98. The van der Waals surface area contributed by atoms with E-state index in [0.717, 1.165) is 28.0 Å². The van der Waals surface area contributed by atoms with Gasteiger partial charge in [0.15, 0.2) is 0 Å². The minimum atomic E-state index is 0.684. The topological polar surface area (TPSA) is 47.0 Å². The number of nitrogens with zero attached hydrogens (tertiary/aromatic N) is 2. The van der Waals surface area contributed by atoms with Gasteiger partial charge in [-0.25, -0.2) is 0 Å². The van der Waals surface area contributed by atoms with Crippen LogP contribution in [0, 0.1) is 0 Å². The first-order valence-electron chi connectivity index (χ1n) is 5.59. The predicted molar refractivity (Wildman–Crippen MR) is 73.3 cm³/mol. The fraction of sp³-hybridized carbons (Fsp3) is 0.231. The molecule has 0 aliphatic heterocycles. The van der Waals surface area contributed by atoms with Crippen LogP contribution < -0.4 is 10.1 Å². The molecule has 0 amide bonds. The zero-order valence-corrected chi connectivity index (χ0v) is 11.6. The predicted octanol–water partition coefficient (Wildman–Crippen LogP) is 2.54. The van der Waals surface area contributed by atoms with Crippen molar-refractivity contribution in [3.8, 4) is 5.75 Å². The Hall–Kier alpha value is -1.46. The quantitative estimate of drug-likeness (QED) is 0.922. The molecule has 0 fully saturated rings. The van der Waals surface area contributed by atoms with Gasteiger partial charge in [0.25, 0.3) is 0 Å². The van der Waals surface area contributed by atoms with Crippen molar-refractivity contribution in [1.82, 2.24) is 15.5 Å². The van der Waals surface area contributed by atoms with Crippen molar-refractivity contribution >= 4 is 15.9 Å². The molecule has 0 atom stereocenters. The number of benzene rings is 1. The lowest BCUT2D eigenvalue weighted by Crippen LogP contribution is -2.14. The van der Waals surface area contributed by atoms with E-state index in [1.165, 1.54) is 0 Å². The standard InChI is InChI=1S/C13H14BrN3O/c1-18-13-5-4-11(14)7-10(13)8-15-9-12-3-2-6-16-17-12/h2-7,15H,8-9H2,1H3. The highest BCUT2D eigenvalue weighted by Gasteiger charge is 2.03. The number of ether oxygens (including phenoxy) is 1. The monoisotopic (exact) mass is 307 g/mol. The highest BCUT2D eigenvalue weighted by Crippen LogP contribution is 2.22. The Balaban J connectivity index is 1.96. The second-order valence-corrected chi connectivity index (χ2v) is 4.69. The van der Waals surface area contributed by atoms with Gasteiger partial charge in [-0.1, -0.05) is 15.9 Å². The molecule has 1 aromatic carbocycles. The van der Waals surface area contributed by atoms with Gasteiger partial charge in [-0.15, -0.1) is 0 Å². The van der Waals surface area contributed by atoms with E-state index in [2.05, 4.69) is 31.4 Å². The number of hydrogen-bond donors (Lipinski definition) is 1. The number of rotatable bonds is 5. The zero-order valence-electron chi connectivity index (χ0n) is 10.1. The molecule has 1 heterocycles. The van der Waals surface area contributed by atoms with Crippen LogP contribution in [0.5, 0.6) is 5.75 Å². The molecule has 0 aliphatic carbocycles. The maximum absolute atomic E-state index is 5.31. The second-order valence-electron chi connectivity index (χ2n) is 3.77. The van der Waals surface area contributed by atoms with Crippen LogP contribution in [0.3, 0.4) is 0 Å². The van der Waals surface area contributed by atoms with Gasteiger partial charge in [0.2, 0.25) is 0 Å². The van der Waals surface area contributed by atoms with E-state index in [1.54, 1.807) is 13.3 Å². The summed E-state index contributed by atoms with van der Waals surface area (Å²) in [7, 11) is 1.68. The molecule has 2 aromatic rings. The number of nitrogens with one attached hydrogen (secondary N) is 1. The number of halogens is 1. The van der Waals surface area contributed by atoms with Crippen molar-refractivity contribution < 1.29 is 4.74 Å². The largest absolute Gasteiger partial charge is 0.496 e. The van der Waals surface area contributed by atoms with Crippen molar-refractivity contribution in [3.63, 3.8) is 0 Å². The fourth-order valence-corrected chi connectivity index (χ4v) is 2.05. The summed E-state index contributed by atoms with van der Waals surface area (Å²) in [6.45, 7) is 1.41. The first-order chi connectivity index (χ1) is 8.79. The SMILES string of the molecule is COc1ccc(Br)cc1CNCc1cccnn1. The summed E-state index contributed by atoms with van der Waals surface area (Å²) in [6.07, 6.45) is 1.67. The maximum Gasteiger partial charge on any atom is 0.123 e. The molecule has 0 spiro atoms. The van der Waals surface area contributed by atoms with Gasteiger partial charge in [-0.2, -0.15) is 10.2 Å². The molecule has 5 heteroatoms. The van der Waals surface area contributed by atoms with Gasteiger partial charge >= 0.3 is 0 Å². The summed E-state index contributed by atoms with van der Waals surface area (Å²) < 4.78 is 6.36. The molecule has 0 saturated carbocycles. The van der Waals surface area contributed by atoms with Crippen molar-refractivity contribution in [1.29, 1.82) is 0 Å². The molecule has 0 radical (unpaired) electrons. The van der Waals surface area contributed by atoms with Crippen LogP contribution >= 0.6 is 15.9 Å². The summed E-state index contributed by atoms with van der Waals surface area (Å²) in [5, 5.41) is 11.2. The Labute approximate surface area is 115 Å². The summed E-state index contributed by atoms with van der Waals surface area (Å²) in [6, 6.07) is 9.78. The summed E-state index contributed by atoms with van der Waals surface area (Å²) >= 11 is 3.46. The van der Waals surface area contributed by atoms with Gasteiger partial charge in [0.1, 0.15) is 5.75 Å². The minimum absolute atomic E-state index is 0.684. The number of aromatic nitrogens is 2. The van der Waals surface area contributed by atoms with E-state index < -0.39 is 0 Å². The molecule has 94 valence electrons. The highest BCUT2D eigenvalue weighted by molar-refractivity contribution is 9.10. The van der Waals surface area contributed by atoms with E-state index in [4.69, 9.17) is 4.74 Å². The van der Waals surface area contributed by atoms with Crippen LogP contribution in [-0.4, -0.2) is 17.3 Å². The first kappa shape index (κ1) is 13.0. The van der Waals surface area contributed by atoms with Crippen molar-refractivity contribution in [2.75, 3.05) is 7.11 Å². The molecule has 0 aliphatic rings. The third kappa shape index (κ3) is 3.51. The van der Waals surface area contributed by atoms with Gasteiger partial charge < -0.3 is 10.1 Å². The summed E-state index contributed by atoms with van der Waals surface area (Å²) in [4.78, 5) is 0. The molecular weight excluding hydrogens is 294 g/mol. The van der Waals surface area contributed by atoms with Crippen LogP contribution in [0.4, 0.5) is 0 Å². The molecule has 4 nitrogen and oxygen atoms in total. The van der Waals surface area contributed by atoms with E-state index >= 15 is 0 Å². The normalized spacial score (nSPS) is 10.3. The van der Waals surface area contributed by atoms with Gasteiger partial charge in [-0.3, -0.25) is 0 Å². The van der Waals surface area contributed by atoms with Crippen molar-refractivity contribution in [2.45, 2.75) is 13.1 Å². The van der Waals surface area contributed by atoms with Gasteiger partial charge in [-0.05, 0) is 30.3 Å². The van der Waals surface area contributed by atoms with Crippen molar-refractivity contribution in [3.05, 3.63) is 52.3 Å². The zero-order chi connectivity index (χ0) is 12.8. The summed E-state index contributed by atoms with van der Waals surface area (Å²) in [5.41, 5.74) is 2.03. The van der Waals surface area contributed by atoms with Crippen LogP contribution in [-0.2, 0) is 13.1 Å². The average molecular weight is 308 g/mol. The van der Waals surface area contributed by atoms with E-state index in [9.17, 15) is 0 Å². The Morgan fingerprint density at radius 3 is 2.89 bits per heavy atom. The second kappa shape index (κ2) is 6.47. The Bertz CT molecular complexity index is 505. The minimum Gasteiger partial charge on any atom is -0.496 e. The molecule has 1 N–H and O–H groups in total. The smallest absolute Gasteiger partial charge is 0.123 e. The van der Waals surface area contributed by atoms with Gasteiger partial charge in [0, 0.05) is 29.3 Å². The highest BCUT2D eigenvalue weighted by atomic mass is 79.9.